The minimum Gasteiger partial charge on any atom is -0.327 e. The predicted octanol–water partition coefficient (Wildman–Crippen LogP) is 3.78. The molecule has 0 saturated heterocycles. The van der Waals surface area contributed by atoms with E-state index in [1.807, 2.05) is 6.07 Å². The van der Waals surface area contributed by atoms with Gasteiger partial charge in [-0.1, -0.05) is 30.9 Å². The second kappa shape index (κ2) is 4.65. The Bertz CT molecular complexity index is 297. The molecule has 1 heterocycles. The van der Waals surface area contributed by atoms with Crippen molar-refractivity contribution in [3.05, 3.63) is 21.3 Å². The third kappa shape index (κ3) is 2.30. The molecule has 2 N–H and O–H groups in total. The summed E-state index contributed by atoms with van der Waals surface area (Å²) in [6, 6.07) is 4.47. The van der Waals surface area contributed by atoms with Gasteiger partial charge in [0.15, 0.2) is 0 Å². The number of nitrogens with two attached hydrogens (primary N) is 1. The van der Waals surface area contributed by atoms with Crippen molar-refractivity contribution in [2.24, 2.45) is 5.73 Å². The Morgan fingerprint density at radius 1 is 1.21 bits per heavy atom. The molecule has 1 aromatic heterocycles. The van der Waals surface area contributed by atoms with Gasteiger partial charge in [0.05, 0.1) is 4.34 Å². The summed E-state index contributed by atoms with van der Waals surface area (Å²) in [7, 11) is 0. The van der Waals surface area contributed by atoms with Crippen molar-refractivity contribution in [3.8, 4) is 0 Å². The second-order valence-electron chi connectivity index (χ2n) is 4.05. The molecule has 1 aliphatic rings. The van der Waals surface area contributed by atoms with Gasteiger partial charge < -0.3 is 5.73 Å². The lowest BCUT2D eigenvalue weighted by Crippen LogP contribution is -2.26. The average Bonchev–Trinajstić information content (AvgIpc) is 2.46. The molecule has 3 heteroatoms. The Balaban J connectivity index is 2.14. The molecule has 2 rings (SSSR count). The first-order valence-corrected chi connectivity index (χ1v) is 6.47. The Hall–Kier alpha value is -0.0500. The van der Waals surface area contributed by atoms with Gasteiger partial charge >= 0.3 is 0 Å². The molecule has 0 radical (unpaired) electrons. The van der Waals surface area contributed by atoms with Crippen LogP contribution < -0.4 is 5.73 Å². The average molecular weight is 230 g/mol. The first kappa shape index (κ1) is 10.5. The molecule has 0 aliphatic heterocycles. The zero-order valence-corrected chi connectivity index (χ0v) is 9.78. The van der Waals surface area contributed by atoms with Crippen LogP contribution in [0.3, 0.4) is 0 Å². The lowest BCUT2D eigenvalue weighted by molar-refractivity contribution is 0.511. The fraction of sp³-hybridized carbons (Fsp3) is 0.636. The van der Waals surface area contributed by atoms with Gasteiger partial charge in [-0.05, 0) is 25.0 Å². The zero-order chi connectivity index (χ0) is 9.97. The summed E-state index contributed by atoms with van der Waals surface area (Å²) in [5.41, 5.74) is 6.18. The van der Waals surface area contributed by atoms with Crippen molar-refractivity contribution in [2.75, 3.05) is 0 Å². The van der Waals surface area contributed by atoms with E-state index in [1.54, 1.807) is 11.3 Å². The molecule has 1 aliphatic carbocycles. The van der Waals surface area contributed by atoms with Crippen molar-refractivity contribution >= 4 is 22.9 Å². The summed E-state index contributed by atoms with van der Waals surface area (Å²) < 4.78 is 0.886. The van der Waals surface area contributed by atoms with E-state index < -0.39 is 0 Å². The van der Waals surface area contributed by atoms with Crippen LogP contribution in [0.25, 0.3) is 0 Å². The Labute approximate surface area is 94.3 Å². The van der Waals surface area contributed by atoms with Crippen LogP contribution in [0.1, 0.15) is 42.9 Å². The first-order chi connectivity index (χ1) is 6.77. The van der Waals surface area contributed by atoms with Crippen molar-refractivity contribution in [3.63, 3.8) is 0 Å². The van der Waals surface area contributed by atoms with E-state index in [9.17, 15) is 0 Å². The molecule has 1 saturated carbocycles. The molecular formula is C11H16ClNS. The van der Waals surface area contributed by atoms with Gasteiger partial charge in [0.1, 0.15) is 0 Å². The summed E-state index contributed by atoms with van der Waals surface area (Å²) in [6.07, 6.45) is 6.34. The van der Waals surface area contributed by atoms with Gasteiger partial charge in [-0.3, -0.25) is 0 Å². The third-order valence-electron chi connectivity index (χ3n) is 3.03. The molecule has 2 unspecified atom stereocenters. The van der Waals surface area contributed by atoms with Crippen LogP contribution in [0.4, 0.5) is 0 Å². The van der Waals surface area contributed by atoms with Crippen LogP contribution >= 0.6 is 22.9 Å². The number of rotatable bonds is 1. The van der Waals surface area contributed by atoms with Gasteiger partial charge in [-0.2, -0.15) is 0 Å². The molecule has 78 valence electrons. The van der Waals surface area contributed by atoms with Gasteiger partial charge in [-0.25, -0.2) is 0 Å². The van der Waals surface area contributed by atoms with E-state index in [2.05, 4.69) is 6.07 Å². The molecule has 1 fully saturated rings. The molecule has 0 bridgehead atoms. The molecule has 1 aromatic rings. The van der Waals surface area contributed by atoms with Crippen molar-refractivity contribution in [1.82, 2.24) is 0 Å². The fourth-order valence-electron chi connectivity index (χ4n) is 2.22. The lowest BCUT2D eigenvalue weighted by Gasteiger charge is -2.19. The highest BCUT2D eigenvalue weighted by molar-refractivity contribution is 7.16. The summed E-state index contributed by atoms with van der Waals surface area (Å²) in [6.45, 7) is 0. The van der Waals surface area contributed by atoms with Crippen LogP contribution in [0.5, 0.6) is 0 Å². The van der Waals surface area contributed by atoms with Crippen LogP contribution in [0.15, 0.2) is 12.1 Å². The van der Waals surface area contributed by atoms with E-state index >= 15 is 0 Å². The molecule has 0 spiro atoms. The van der Waals surface area contributed by atoms with E-state index in [4.69, 9.17) is 17.3 Å². The summed E-state index contributed by atoms with van der Waals surface area (Å²) in [4.78, 5) is 1.38. The van der Waals surface area contributed by atoms with Gasteiger partial charge in [-0.15, -0.1) is 11.3 Å². The molecular weight excluding hydrogens is 214 g/mol. The van der Waals surface area contributed by atoms with Gasteiger partial charge in [0, 0.05) is 16.8 Å². The molecule has 0 amide bonds. The summed E-state index contributed by atoms with van der Waals surface area (Å²) >= 11 is 7.64. The minimum absolute atomic E-state index is 0.340. The highest BCUT2D eigenvalue weighted by Crippen LogP contribution is 2.36. The van der Waals surface area contributed by atoms with Crippen LogP contribution in [-0.4, -0.2) is 6.04 Å². The quantitative estimate of drug-likeness (QED) is 0.729. The van der Waals surface area contributed by atoms with E-state index in [-0.39, 0.29) is 0 Å². The maximum Gasteiger partial charge on any atom is 0.0931 e. The third-order valence-corrected chi connectivity index (χ3v) is 4.39. The second-order valence-corrected chi connectivity index (χ2v) is 5.80. The molecule has 1 nitrogen and oxygen atoms in total. The number of thiophene rings is 1. The maximum absolute atomic E-state index is 6.18. The Kier molecular flexibility index (Phi) is 3.47. The summed E-state index contributed by atoms with van der Waals surface area (Å²) in [5.74, 6) is 0.551. The molecule has 14 heavy (non-hydrogen) atoms. The highest BCUT2D eigenvalue weighted by atomic mass is 35.5. The normalized spacial score (nSPS) is 28.7. The van der Waals surface area contributed by atoms with E-state index in [0.717, 1.165) is 4.34 Å². The number of hydrogen-bond acceptors (Lipinski definition) is 2. The first-order valence-electron chi connectivity index (χ1n) is 5.28. The zero-order valence-electron chi connectivity index (χ0n) is 8.21. The topological polar surface area (TPSA) is 26.0 Å². The van der Waals surface area contributed by atoms with Crippen LogP contribution in [-0.2, 0) is 0 Å². The lowest BCUT2D eigenvalue weighted by atomic mass is 9.94. The standard InChI is InChI=1S/C11H16ClNS/c12-11-7-6-10(14-11)8-4-2-1-3-5-9(8)13/h6-9H,1-5,13H2. The SMILES string of the molecule is NC1CCCCCC1c1ccc(Cl)s1. The van der Waals surface area contributed by atoms with Crippen LogP contribution in [0.2, 0.25) is 4.34 Å². The monoisotopic (exact) mass is 229 g/mol. The van der Waals surface area contributed by atoms with Crippen molar-refractivity contribution in [1.29, 1.82) is 0 Å². The number of hydrogen-bond donors (Lipinski definition) is 1. The smallest absolute Gasteiger partial charge is 0.0931 e. The number of halogens is 1. The highest BCUT2D eigenvalue weighted by Gasteiger charge is 2.23. The Morgan fingerprint density at radius 2 is 2.00 bits per heavy atom. The van der Waals surface area contributed by atoms with E-state index in [0.29, 0.717) is 12.0 Å². The van der Waals surface area contributed by atoms with E-state index in [1.165, 1.54) is 37.0 Å². The summed E-state index contributed by atoms with van der Waals surface area (Å²) in [5, 5.41) is 0. The van der Waals surface area contributed by atoms with Gasteiger partial charge in [0.2, 0.25) is 0 Å². The van der Waals surface area contributed by atoms with Crippen LogP contribution in [0, 0.1) is 0 Å². The largest absolute Gasteiger partial charge is 0.327 e. The Morgan fingerprint density at radius 3 is 2.71 bits per heavy atom. The molecule has 0 aromatic carbocycles. The predicted molar refractivity (Wildman–Crippen MR) is 63.1 cm³/mol. The van der Waals surface area contributed by atoms with Crippen molar-refractivity contribution in [2.45, 2.75) is 44.1 Å². The fourth-order valence-corrected chi connectivity index (χ4v) is 3.49. The van der Waals surface area contributed by atoms with Gasteiger partial charge in [0.25, 0.3) is 0 Å². The molecule has 2 atom stereocenters. The minimum atomic E-state index is 0.340. The van der Waals surface area contributed by atoms with Crippen molar-refractivity contribution < 1.29 is 0 Å². The maximum atomic E-state index is 6.18.